The highest BCUT2D eigenvalue weighted by molar-refractivity contribution is 7.99. The van der Waals surface area contributed by atoms with Gasteiger partial charge >= 0.3 is 0 Å². The molecule has 0 bridgehead atoms. The van der Waals surface area contributed by atoms with Crippen molar-refractivity contribution in [1.29, 1.82) is 0 Å². The van der Waals surface area contributed by atoms with Crippen LogP contribution in [-0.4, -0.2) is 32.1 Å². The summed E-state index contributed by atoms with van der Waals surface area (Å²) >= 11 is 1.43. The number of hydrogen-bond acceptors (Lipinski definition) is 4. The summed E-state index contributed by atoms with van der Waals surface area (Å²) in [6.45, 7) is 1.60. The van der Waals surface area contributed by atoms with Crippen molar-refractivity contribution in [2.45, 2.75) is 11.8 Å². The molecule has 1 amide bonds. The number of nitrogens with one attached hydrogen (secondary N) is 1. The molecule has 0 unspecified atom stereocenters. The summed E-state index contributed by atoms with van der Waals surface area (Å²) in [4.78, 5) is 11.6. The van der Waals surface area contributed by atoms with Gasteiger partial charge in [-0.3, -0.25) is 4.79 Å². The van der Waals surface area contributed by atoms with Crippen molar-refractivity contribution in [3.63, 3.8) is 0 Å². The molecule has 1 aromatic rings. The molecule has 0 radical (unpaired) electrons. The second kappa shape index (κ2) is 6.07. The third-order valence-electron chi connectivity index (χ3n) is 2.15. The number of carbonyl (C=O) groups excluding carboxylic acids is 1. The lowest BCUT2D eigenvalue weighted by Gasteiger charge is -2.05. The van der Waals surface area contributed by atoms with Crippen molar-refractivity contribution < 1.29 is 13.2 Å². The van der Waals surface area contributed by atoms with Gasteiger partial charge in [0.05, 0.1) is 16.4 Å². The summed E-state index contributed by atoms with van der Waals surface area (Å²) in [6.07, 6.45) is 1.84. The van der Waals surface area contributed by atoms with Gasteiger partial charge in [-0.05, 0) is 30.5 Å². The maximum atomic E-state index is 11.5. The standard InChI is InChI=1S/C11H15NO3S2/c1-3-17(14,15)10-6-4-9(5-7-10)12-11(13)8-16-2/h4-7H,3,8H2,1-2H3,(H,12,13). The predicted octanol–water partition coefficient (Wildman–Crippen LogP) is 1.78. The molecule has 0 saturated heterocycles. The van der Waals surface area contributed by atoms with Gasteiger partial charge in [-0.2, -0.15) is 11.8 Å². The molecule has 0 aliphatic carbocycles. The Morgan fingerprint density at radius 1 is 1.29 bits per heavy atom. The van der Waals surface area contributed by atoms with Crippen LogP contribution in [0.5, 0.6) is 0 Å². The summed E-state index contributed by atoms with van der Waals surface area (Å²) in [5, 5.41) is 2.68. The second-order valence-corrected chi connectivity index (χ2v) is 6.55. The van der Waals surface area contributed by atoms with E-state index in [1.807, 2.05) is 6.26 Å². The van der Waals surface area contributed by atoms with Crippen molar-refractivity contribution in [2.24, 2.45) is 0 Å². The van der Waals surface area contributed by atoms with Gasteiger partial charge in [0, 0.05) is 5.69 Å². The van der Waals surface area contributed by atoms with Crippen LogP contribution in [0.25, 0.3) is 0 Å². The molecule has 6 heteroatoms. The maximum Gasteiger partial charge on any atom is 0.234 e. The number of rotatable bonds is 5. The SMILES string of the molecule is CCS(=O)(=O)c1ccc(NC(=O)CSC)cc1. The molecule has 0 heterocycles. The average molecular weight is 273 g/mol. The average Bonchev–Trinajstić information content (AvgIpc) is 2.30. The fourth-order valence-corrected chi connectivity index (χ4v) is 2.46. The number of amides is 1. The van der Waals surface area contributed by atoms with Crippen LogP contribution in [0.2, 0.25) is 0 Å². The van der Waals surface area contributed by atoms with Crippen molar-refractivity contribution in [3.8, 4) is 0 Å². The number of carbonyl (C=O) groups is 1. The molecule has 1 N–H and O–H groups in total. The first-order valence-electron chi connectivity index (χ1n) is 5.11. The Morgan fingerprint density at radius 2 is 1.88 bits per heavy atom. The molecular formula is C11H15NO3S2. The zero-order valence-electron chi connectivity index (χ0n) is 9.76. The number of thioether (sulfide) groups is 1. The first-order valence-corrected chi connectivity index (χ1v) is 8.16. The molecule has 1 aromatic carbocycles. The van der Waals surface area contributed by atoms with E-state index in [1.165, 1.54) is 23.9 Å². The smallest absolute Gasteiger partial charge is 0.234 e. The van der Waals surface area contributed by atoms with E-state index in [2.05, 4.69) is 5.32 Å². The first kappa shape index (κ1) is 14.1. The van der Waals surface area contributed by atoms with Gasteiger partial charge in [0.25, 0.3) is 0 Å². The maximum absolute atomic E-state index is 11.5. The fourth-order valence-electron chi connectivity index (χ4n) is 1.24. The Hall–Kier alpha value is -1.01. The van der Waals surface area contributed by atoms with E-state index in [1.54, 1.807) is 19.1 Å². The van der Waals surface area contributed by atoms with Crippen LogP contribution in [0.4, 0.5) is 5.69 Å². The Balaban J connectivity index is 2.79. The minimum Gasteiger partial charge on any atom is -0.325 e. The molecule has 94 valence electrons. The number of anilines is 1. The van der Waals surface area contributed by atoms with E-state index in [-0.39, 0.29) is 16.6 Å². The molecule has 0 fully saturated rings. The van der Waals surface area contributed by atoms with Gasteiger partial charge < -0.3 is 5.32 Å². The second-order valence-electron chi connectivity index (χ2n) is 3.41. The zero-order chi connectivity index (χ0) is 12.9. The normalized spacial score (nSPS) is 11.2. The van der Waals surface area contributed by atoms with E-state index < -0.39 is 9.84 Å². The van der Waals surface area contributed by atoms with Crippen LogP contribution in [0.3, 0.4) is 0 Å². The predicted molar refractivity (Wildman–Crippen MR) is 71.2 cm³/mol. The summed E-state index contributed by atoms with van der Waals surface area (Å²) in [5.74, 6) is 0.365. The van der Waals surface area contributed by atoms with Crippen molar-refractivity contribution >= 4 is 33.2 Å². The van der Waals surface area contributed by atoms with Gasteiger partial charge in [-0.25, -0.2) is 8.42 Å². The molecule has 0 aromatic heterocycles. The molecule has 0 aliphatic heterocycles. The number of hydrogen-bond donors (Lipinski definition) is 1. The first-order chi connectivity index (χ1) is 7.99. The minimum absolute atomic E-state index is 0.0746. The van der Waals surface area contributed by atoms with Crippen molar-refractivity contribution in [3.05, 3.63) is 24.3 Å². The van der Waals surface area contributed by atoms with Gasteiger partial charge in [-0.15, -0.1) is 0 Å². The highest BCUT2D eigenvalue weighted by atomic mass is 32.2. The van der Waals surface area contributed by atoms with Gasteiger partial charge in [0.2, 0.25) is 5.91 Å². The molecule has 4 nitrogen and oxygen atoms in total. The number of benzene rings is 1. The zero-order valence-corrected chi connectivity index (χ0v) is 11.4. The Labute approximate surface area is 106 Å². The summed E-state index contributed by atoms with van der Waals surface area (Å²) in [7, 11) is -3.17. The van der Waals surface area contributed by atoms with Gasteiger partial charge in [0.1, 0.15) is 0 Å². The lowest BCUT2D eigenvalue weighted by molar-refractivity contribution is -0.113. The Morgan fingerprint density at radius 3 is 2.35 bits per heavy atom. The monoisotopic (exact) mass is 273 g/mol. The summed E-state index contributed by atoms with van der Waals surface area (Å²) in [6, 6.07) is 6.21. The molecule has 0 aliphatic rings. The van der Waals surface area contributed by atoms with E-state index in [0.29, 0.717) is 11.4 Å². The van der Waals surface area contributed by atoms with Crippen LogP contribution in [0, 0.1) is 0 Å². The fraction of sp³-hybridized carbons (Fsp3) is 0.364. The van der Waals surface area contributed by atoms with Crippen LogP contribution < -0.4 is 5.32 Å². The van der Waals surface area contributed by atoms with Crippen LogP contribution >= 0.6 is 11.8 Å². The molecule has 0 atom stereocenters. The highest BCUT2D eigenvalue weighted by Gasteiger charge is 2.11. The topological polar surface area (TPSA) is 63.2 Å². The number of sulfone groups is 1. The van der Waals surface area contributed by atoms with E-state index in [0.717, 1.165) is 0 Å². The third-order valence-corrected chi connectivity index (χ3v) is 4.45. The summed E-state index contributed by atoms with van der Waals surface area (Å²) < 4.78 is 23.1. The molecular weight excluding hydrogens is 258 g/mol. The highest BCUT2D eigenvalue weighted by Crippen LogP contribution is 2.15. The minimum atomic E-state index is -3.17. The van der Waals surface area contributed by atoms with Crippen molar-refractivity contribution in [2.75, 3.05) is 23.1 Å². The Kier molecular flexibility index (Phi) is 5.02. The van der Waals surface area contributed by atoms with Crippen LogP contribution in [-0.2, 0) is 14.6 Å². The lowest BCUT2D eigenvalue weighted by Crippen LogP contribution is -2.13. The molecule has 0 saturated carbocycles. The largest absolute Gasteiger partial charge is 0.325 e. The summed E-state index contributed by atoms with van der Waals surface area (Å²) in [5.41, 5.74) is 0.610. The van der Waals surface area contributed by atoms with Gasteiger partial charge in [0.15, 0.2) is 9.84 Å². The molecule has 0 spiro atoms. The van der Waals surface area contributed by atoms with E-state index in [9.17, 15) is 13.2 Å². The van der Waals surface area contributed by atoms with Gasteiger partial charge in [-0.1, -0.05) is 6.92 Å². The van der Waals surface area contributed by atoms with E-state index in [4.69, 9.17) is 0 Å². The molecule has 1 rings (SSSR count). The van der Waals surface area contributed by atoms with E-state index >= 15 is 0 Å². The van der Waals surface area contributed by atoms with Crippen LogP contribution in [0.15, 0.2) is 29.2 Å². The molecule has 17 heavy (non-hydrogen) atoms. The van der Waals surface area contributed by atoms with Crippen molar-refractivity contribution in [1.82, 2.24) is 0 Å². The Bertz CT molecular complexity index is 480. The quantitative estimate of drug-likeness (QED) is 0.888. The van der Waals surface area contributed by atoms with Crippen LogP contribution in [0.1, 0.15) is 6.92 Å². The third kappa shape index (κ3) is 4.05. The lowest BCUT2D eigenvalue weighted by atomic mass is 10.3.